The van der Waals surface area contributed by atoms with Gasteiger partial charge in [0.25, 0.3) is 0 Å². The number of ether oxygens (including phenoxy) is 1. The van der Waals surface area contributed by atoms with Crippen LogP contribution in [0.3, 0.4) is 0 Å². The summed E-state index contributed by atoms with van der Waals surface area (Å²) in [6, 6.07) is 8.69. The Balaban J connectivity index is 1.68. The maximum atomic E-state index is 12.5. The average Bonchev–Trinajstić information content (AvgIpc) is 3.14. The molecule has 7 heteroatoms. The molecule has 0 aromatic heterocycles. The highest BCUT2D eigenvalue weighted by Gasteiger charge is 2.55. The molecule has 2 aliphatic rings. The molecule has 0 spiro atoms. The second-order valence-electron chi connectivity index (χ2n) is 6.44. The Morgan fingerprint density at radius 3 is 2.68 bits per heavy atom. The molecule has 0 radical (unpaired) electrons. The van der Waals surface area contributed by atoms with Crippen molar-refractivity contribution in [2.24, 2.45) is 5.92 Å². The third-order valence-corrected chi connectivity index (χ3v) is 4.92. The molecule has 3 atom stereocenters. The van der Waals surface area contributed by atoms with E-state index in [0.717, 1.165) is 5.56 Å². The zero-order valence-corrected chi connectivity index (χ0v) is 14.1. The van der Waals surface area contributed by atoms with Gasteiger partial charge in [0, 0.05) is 6.54 Å². The van der Waals surface area contributed by atoms with Gasteiger partial charge >= 0.3 is 6.09 Å². The third kappa shape index (κ3) is 3.24. The lowest BCUT2D eigenvalue weighted by Gasteiger charge is -2.25. The number of imide groups is 1. The molecule has 2 saturated heterocycles. The molecule has 3 amide bonds. The van der Waals surface area contributed by atoms with Crippen molar-refractivity contribution >= 4 is 17.9 Å². The van der Waals surface area contributed by atoms with E-state index in [-0.39, 0.29) is 43.5 Å². The van der Waals surface area contributed by atoms with Crippen molar-refractivity contribution < 1.29 is 24.2 Å². The van der Waals surface area contributed by atoms with Gasteiger partial charge in [-0.05, 0) is 12.0 Å². The summed E-state index contributed by atoms with van der Waals surface area (Å²) >= 11 is 0. The van der Waals surface area contributed by atoms with Crippen molar-refractivity contribution in [3.8, 4) is 0 Å². The zero-order valence-electron chi connectivity index (χ0n) is 14.1. The Labute approximate surface area is 146 Å². The number of fused-ring (bicyclic) bond motifs is 1. The number of hydrogen-bond donors (Lipinski definition) is 1. The molecular weight excluding hydrogens is 324 g/mol. The molecule has 2 fully saturated rings. The molecule has 3 rings (SSSR count). The van der Waals surface area contributed by atoms with E-state index in [0.29, 0.717) is 13.0 Å². The Kier molecular flexibility index (Phi) is 5.03. The highest BCUT2D eigenvalue weighted by molar-refractivity contribution is 5.99. The fourth-order valence-corrected chi connectivity index (χ4v) is 3.75. The number of amides is 3. The lowest BCUT2D eigenvalue weighted by atomic mass is 10.0. The van der Waals surface area contributed by atoms with Gasteiger partial charge in [0.1, 0.15) is 6.61 Å². The first-order valence-corrected chi connectivity index (χ1v) is 8.48. The molecule has 2 aliphatic heterocycles. The van der Waals surface area contributed by atoms with Crippen molar-refractivity contribution in [1.29, 1.82) is 0 Å². The van der Waals surface area contributed by atoms with E-state index in [1.165, 1.54) is 4.90 Å². The van der Waals surface area contributed by atoms with Crippen LogP contribution in [-0.2, 0) is 20.9 Å². The summed E-state index contributed by atoms with van der Waals surface area (Å²) in [4.78, 5) is 39.8. The lowest BCUT2D eigenvalue weighted by molar-refractivity contribution is -0.145. The maximum Gasteiger partial charge on any atom is 0.410 e. The van der Waals surface area contributed by atoms with Crippen molar-refractivity contribution in [3.63, 3.8) is 0 Å². The lowest BCUT2D eigenvalue weighted by Crippen LogP contribution is -2.43. The molecule has 1 aromatic carbocycles. The normalized spacial score (nSPS) is 25.2. The Bertz CT molecular complexity index is 663. The SMILES string of the molecule is C[C@@H]1C(=O)N(C(=O)CCO)[C@H]2CCN(C(=O)OCc3ccccc3)C12. The number of benzene rings is 1. The van der Waals surface area contributed by atoms with Gasteiger partial charge in [-0.2, -0.15) is 0 Å². The highest BCUT2D eigenvalue weighted by atomic mass is 16.6. The summed E-state index contributed by atoms with van der Waals surface area (Å²) < 4.78 is 5.38. The predicted molar refractivity (Wildman–Crippen MR) is 88.2 cm³/mol. The minimum Gasteiger partial charge on any atom is -0.445 e. The molecule has 1 aromatic rings. The minimum absolute atomic E-state index is 0.0832. The number of aliphatic hydroxyl groups excluding tert-OH is 1. The van der Waals surface area contributed by atoms with Gasteiger partial charge in [-0.1, -0.05) is 37.3 Å². The molecule has 0 bridgehead atoms. The first-order chi connectivity index (χ1) is 12.0. The van der Waals surface area contributed by atoms with Crippen molar-refractivity contribution in [1.82, 2.24) is 9.80 Å². The molecule has 7 nitrogen and oxygen atoms in total. The number of carbonyl (C=O) groups excluding carboxylic acids is 3. The molecule has 0 saturated carbocycles. The number of aliphatic hydroxyl groups is 1. The highest BCUT2D eigenvalue weighted by Crippen LogP contribution is 2.37. The summed E-state index contributed by atoms with van der Waals surface area (Å²) in [7, 11) is 0. The second-order valence-corrected chi connectivity index (χ2v) is 6.44. The van der Waals surface area contributed by atoms with E-state index < -0.39 is 12.0 Å². The van der Waals surface area contributed by atoms with Crippen LogP contribution in [0.5, 0.6) is 0 Å². The summed E-state index contributed by atoms with van der Waals surface area (Å²) in [6.07, 6.45) is -0.00848. The van der Waals surface area contributed by atoms with Crippen LogP contribution in [0.4, 0.5) is 4.79 Å². The maximum absolute atomic E-state index is 12.5. The first kappa shape index (κ1) is 17.4. The van der Waals surface area contributed by atoms with Gasteiger partial charge in [-0.15, -0.1) is 0 Å². The quantitative estimate of drug-likeness (QED) is 0.884. The second kappa shape index (κ2) is 7.23. The van der Waals surface area contributed by atoms with Crippen molar-refractivity contribution in [2.45, 2.75) is 38.5 Å². The topological polar surface area (TPSA) is 87.2 Å². The van der Waals surface area contributed by atoms with Crippen LogP contribution in [0.15, 0.2) is 30.3 Å². The third-order valence-electron chi connectivity index (χ3n) is 4.92. The molecular formula is C18H22N2O5. The average molecular weight is 346 g/mol. The van der Waals surface area contributed by atoms with Crippen LogP contribution < -0.4 is 0 Å². The largest absolute Gasteiger partial charge is 0.445 e. The van der Waals surface area contributed by atoms with Gasteiger partial charge in [0.05, 0.1) is 31.0 Å². The summed E-state index contributed by atoms with van der Waals surface area (Å²) in [5.41, 5.74) is 0.891. The van der Waals surface area contributed by atoms with Gasteiger partial charge < -0.3 is 14.7 Å². The van der Waals surface area contributed by atoms with E-state index in [4.69, 9.17) is 9.84 Å². The number of carbonyl (C=O) groups is 3. The summed E-state index contributed by atoms with van der Waals surface area (Å²) in [5, 5.41) is 8.96. The van der Waals surface area contributed by atoms with Gasteiger partial charge in [-0.3, -0.25) is 14.5 Å². The van der Waals surface area contributed by atoms with Gasteiger partial charge in [0.15, 0.2) is 0 Å². The van der Waals surface area contributed by atoms with E-state index in [1.807, 2.05) is 30.3 Å². The van der Waals surface area contributed by atoms with Crippen LogP contribution in [-0.4, -0.2) is 58.0 Å². The van der Waals surface area contributed by atoms with Gasteiger partial charge in [0.2, 0.25) is 11.8 Å². The van der Waals surface area contributed by atoms with E-state index in [2.05, 4.69) is 0 Å². The molecule has 134 valence electrons. The summed E-state index contributed by atoms with van der Waals surface area (Å²) in [5.74, 6) is -1.13. The standard InChI is InChI=1S/C18H22N2O5/c1-12-16-14(20(17(12)23)15(22)8-10-21)7-9-19(16)18(24)25-11-13-5-3-2-4-6-13/h2-6,12,14,16,21H,7-11H2,1H3/t12-,14-,16?/m0/s1. The van der Waals surface area contributed by atoms with Crippen molar-refractivity contribution in [2.75, 3.05) is 13.2 Å². The van der Waals surface area contributed by atoms with E-state index in [1.54, 1.807) is 11.8 Å². The Morgan fingerprint density at radius 1 is 1.28 bits per heavy atom. The monoisotopic (exact) mass is 346 g/mol. The van der Waals surface area contributed by atoms with Crippen LogP contribution in [0.25, 0.3) is 0 Å². The first-order valence-electron chi connectivity index (χ1n) is 8.48. The number of hydrogen-bond acceptors (Lipinski definition) is 5. The Hall–Kier alpha value is -2.41. The number of likely N-dealkylation sites (tertiary alicyclic amines) is 2. The Morgan fingerprint density at radius 2 is 2.00 bits per heavy atom. The predicted octanol–water partition coefficient (Wildman–Crippen LogP) is 1.15. The van der Waals surface area contributed by atoms with Gasteiger partial charge in [-0.25, -0.2) is 4.79 Å². The zero-order chi connectivity index (χ0) is 18.0. The van der Waals surface area contributed by atoms with E-state index >= 15 is 0 Å². The van der Waals surface area contributed by atoms with Crippen LogP contribution in [0.1, 0.15) is 25.3 Å². The van der Waals surface area contributed by atoms with Crippen LogP contribution in [0.2, 0.25) is 0 Å². The fraction of sp³-hybridized carbons (Fsp3) is 0.500. The number of rotatable bonds is 4. The summed E-state index contributed by atoms with van der Waals surface area (Å²) in [6.45, 7) is 2.05. The van der Waals surface area contributed by atoms with Crippen LogP contribution >= 0.6 is 0 Å². The van der Waals surface area contributed by atoms with Crippen LogP contribution in [0, 0.1) is 5.92 Å². The molecule has 1 unspecified atom stereocenters. The molecule has 2 heterocycles. The smallest absolute Gasteiger partial charge is 0.410 e. The molecule has 0 aliphatic carbocycles. The molecule has 25 heavy (non-hydrogen) atoms. The minimum atomic E-state index is -0.465. The number of nitrogens with zero attached hydrogens (tertiary/aromatic N) is 2. The fourth-order valence-electron chi connectivity index (χ4n) is 3.75. The van der Waals surface area contributed by atoms with E-state index in [9.17, 15) is 14.4 Å². The van der Waals surface area contributed by atoms with Crippen molar-refractivity contribution in [3.05, 3.63) is 35.9 Å². The molecule has 1 N–H and O–H groups in total.